The van der Waals surface area contributed by atoms with Crippen LogP contribution in [0.15, 0.2) is 18.5 Å². The lowest BCUT2D eigenvalue weighted by Gasteiger charge is -2.15. The van der Waals surface area contributed by atoms with Crippen molar-refractivity contribution in [1.82, 2.24) is 24.5 Å². The zero-order valence-corrected chi connectivity index (χ0v) is 10.4. The fourth-order valence-corrected chi connectivity index (χ4v) is 2.09. The van der Waals surface area contributed by atoms with Crippen LogP contribution in [0.25, 0.3) is 0 Å². The second kappa shape index (κ2) is 4.21. The maximum Gasteiger partial charge on any atom is 0.195 e. The number of nitrogens with one attached hydrogen (secondary N) is 1. The molecule has 16 heavy (non-hydrogen) atoms. The van der Waals surface area contributed by atoms with Crippen molar-refractivity contribution in [3.63, 3.8) is 0 Å². The Morgan fingerprint density at radius 1 is 1.38 bits per heavy atom. The molecule has 6 heteroatoms. The molecular formula is C10H15N5S. The lowest BCUT2D eigenvalue weighted by Crippen LogP contribution is -2.15. The first-order valence-electron chi connectivity index (χ1n) is 5.27. The number of aromatic amines is 1. The van der Waals surface area contributed by atoms with Crippen molar-refractivity contribution < 1.29 is 0 Å². The average Bonchev–Trinajstić information content (AvgIpc) is 2.84. The zero-order chi connectivity index (χ0) is 11.7. The predicted molar refractivity (Wildman–Crippen MR) is 63.8 cm³/mol. The third kappa shape index (κ3) is 1.80. The number of aromatic nitrogens is 5. The van der Waals surface area contributed by atoms with Crippen molar-refractivity contribution in [3.05, 3.63) is 29.1 Å². The molecule has 2 heterocycles. The normalized spacial score (nSPS) is 13.2. The second-order valence-electron chi connectivity index (χ2n) is 4.01. The van der Waals surface area contributed by atoms with Gasteiger partial charge in [0.2, 0.25) is 0 Å². The highest BCUT2D eigenvalue weighted by Gasteiger charge is 2.17. The molecule has 0 aliphatic carbocycles. The van der Waals surface area contributed by atoms with Gasteiger partial charge in [0, 0.05) is 18.4 Å². The van der Waals surface area contributed by atoms with Crippen molar-refractivity contribution in [2.24, 2.45) is 0 Å². The van der Waals surface area contributed by atoms with Gasteiger partial charge >= 0.3 is 0 Å². The van der Waals surface area contributed by atoms with Crippen LogP contribution in [0.5, 0.6) is 0 Å². The topological polar surface area (TPSA) is 51.4 Å². The molecule has 0 saturated heterocycles. The highest BCUT2D eigenvalue weighted by molar-refractivity contribution is 7.71. The molecule has 1 atom stereocenters. The molecule has 0 radical (unpaired) electrons. The van der Waals surface area contributed by atoms with Crippen LogP contribution in [0.2, 0.25) is 0 Å². The first-order chi connectivity index (χ1) is 7.61. The fourth-order valence-electron chi connectivity index (χ4n) is 1.74. The van der Waals surface area contributed by atoms with Gasteiger partial charge in [-0.1, -0.05) is 0 Å². The van der Waals surface area contributed by atoms with E-state index in [9.17, 15) is 0 Å². The highest BCUT2D eigenvalue weighted by Crippen LogP contribution is 2.18. The Bertz CT molecular complexity index is 508. The fraction of sp³-hybridized carbons (Fsp3) is 0.500. The van der Waals surface area contributed by atoms with Gasteiger partial charge in [0.25, 0.3) is 0 Å². The minimum atomic E-state index is 0.0744. The van der Waals surface area contributed by atoms with E-state index < -0.39 is 0 Å². The third-order valence-corrected chi connectivity index (χ3v) is 2.83. The summed E-state index contributed by atoms with van der Waals surface area (Å²) in [6, 6.07) is 2.27. The Hall–Kier alpha value is -1.43. The van der Waals surface area contributed by atoms with Gasteiger partial charge in [-0.3, -0.25) is 14.3 Å². The number of rotatable bonds is 3. The molecule has 0 fully saturated rings. The van der Waals surface area contributed by atoms with Crippen LogP contribution in [-0.4, -0.2) is 24.5 Å². The molecular weight excluding hydrogens is 222 g/mol. The lowest BCUT2D eigenvalue weighted by atomic mass is 10.3. The summed E-state index contributed by atoms with van der Waals surface area (Å²) >= 11 is 5.21. The summed E-state index contributed by atoms with van der Waals surface area (Å²) in [7, 11) is 0. The Morgan fingerprint density at radius 3 is 2.69 bits per heavy atom. The van der Waals surface area contributed by atoms with Crippen LogP contribution in [-0.2, 0) is 0 Å². The number of hydrogen-bond donors (Lipinski definition) is 1. The van der Waals surface area contributed by atoms with Gasteiger partial charge in [0.1, 0.15) is 6.04 Å². The summed E-state index contributed by atoms with van der Waals surface area (Å²) in [4.78, 5) is 0. The molecule has 1 N–H and O–H groups in total. The van der Waals surface area contributed by atoms with Crippen molar-refractivity contribution in [2.45, 2.75) is 32.9 Å². The van der Waals surface area contributed by atoms with Crippen LogP contribution in [0.4, 0.5) is 0 Å². The zero-order valence-electron chi connectivity index (χ0n) is 9.58. The Balaban J connectivity index is 2.45. The van der Waals surface area contributed by atoms with Crippen molar-refractivity contribution in [2.75, 3.05) is 0 Å². The molecule has 0 spiro atoms. The lowest BCUT2D eigenvalue weighted by molar-refractivity contribution is 0.475. The van der Waals surface area contributed by atoms with Crippen LogP contribution in [0, 0.1) is 4.77 Å². The highest BCUT2D eigenvalue weighted by atomic mass is 32.1. The molecule has 2 aromatic rings. The largest absolute Gasteiger partial charge is 0.300 e. The molecule has 2 rings (SSSR count). The van der Waals surface area contributed by atoms with Gasteiger partial charge in [-0.2, -0.15) is 10.2 Å². The smallest absolute Gasteiger partial charge is 0.195 e. The minimum Gasteiger partial charge on any atom is -0.300 e. The molecule has 0 bridgehead atoms. The van der Waals surface area contributed by atoms with Crippen LogP contribution < -0.4 is 0 Å². The Labute approximate surface area is 99.1 Å². The summed E-state index contributed by atoms with van der Waals surface area (Å²) in [5.41, 5.74) is 0. The maximum atomic E-state index is 5.21. The molecule has 0 aliphatic heterocycles. The summed E-state index contributed by atoms with van der Waals surface area (Å²) < 4.78 is 4.54. The quantitative estimate of drug-likeness (QED) is 0.833. The van der Waals surface area contributed by atoms with E-state index in [1.807, 2.05) is 21.5 Å². The van der Waals surface area contributed by atoms with Gasteiger partial charge in [-0.15, -0.1) is 0 Å². The molecule has 0 amide bonds. The second-order valence-corrected chi connectivity index (χ2v) is 4.40. The molecule has 0 aliphatic rings. The average molecular weight is 237 g/mol. The van der Waals surface area contributed by atoms with Gasteiger partial charge in [-0.05, 0) is 39.1 Å². The molecule has 0 saturated carbocycles. The van der Waals surface area contributed by atoms with Crippen LogP contribution in [0.1, 0.15) is 38.7 Å². The van der Waals surface area contributed by atoms with Crippen molar-refractivity contribution in [1.29, 1.82) is 0 Å². The van der Waals surface area contributed by atoms with Crippen LogP contribution in [0.3, 0.4) is 0 Å². The van der Waals surface area contributed by atoms with Crippen LogP contribution >= 0.6 is 12.2 Å². The van der Waals surface area contributed by atoms with Gasteiger partial charge < -0.3 is 0 Å². The molecule has 1 unspecified atom stereocenters. The maximum absolute atomic E-state index is 5.21. The monoisotopic (exact) mass is 237 g/mol. The van der Waals surface area contributed by atoms with Crippen molar-refractivity contribution in [3.8, 4) is 0 Å². The summed E-state index contributed by atoms with van der Waals surface area (Å²) in [6.45, 7) is 6.23. The number of hydrogen-bond acceptors (Lipinski definition) is 3. The summed E-state index contributed by atoms with van der Waals surface area (Å²) in [5.74, 6) is 0.906. The first kappa shape index (κ1) is 11.1. The summed E-state index contributed by atoms with van der Waals surface area (Å²) in [5, 5.41) is 11.3. The van der Waals surface area contributed by atoms with Crippen molar-refractivity contribution >= 4 is 12.2 Å². The molecule has 86 valence electrons. The van der Waals surface area contributed by atoms with Gasteiger partial charge in [-0.25, -0.2) is 0 Å². The molecule has 5 nitrogen and oxygen atoms in total. The standard InChI is InChI=1S/C10H15N5S/c1-7(2)15-9(12-13-10(15)16)8(3)14-6-4-5-11-14/h4-8H,1-3H3,(H,13,16). The van der Waals surface area contributed by atoms with E-state index in [-0.39, 0.29) is 6.04 Å². The molecule has 2 aromatic heterocycles. The first-order valence-corrected chi connectivity index (χ1v) is 5.68. The van der Waals surface area contributed by atoms with E-state index in [0.717, 1.165) is 5.82 Å². The third-order valence-electron chi connectivity index (χ3n) is 2.54. The SMILES string of the molecule is CC(c1n[nH]c(=S)n1C(C)C)n1cccn1. The molecule has 0 aromatic carbocycles. The van der Waals surface area contributed by atoms with E-state index in [2.05, 4.69) is 36.1 Å². The predicted octanol–water partition coefficient (Wildman–Crippen LogP) is 2.33. The number of nitrogens with zero attached hydrogens (tertiary/aromatic N) is 4. The Morgan fingerprint density at radius 2 is 2.12 bits per heavy atom. The Kier molecular flexibility index (Phi) is 2.91. The minimum absolute atomic E-state index is 0.0744. The van der Waals surface area contributed by atoms with E-state index >= 15 is 0 Å². The van der Waals surface area contributed by atoms with E-state index in [4.69, 9.17) is 12.2 Å². The van der Waals surface area contributed by atoms with Gasteiger partial charge in [0.15, 0.2) is 10.6 Å². The number of H-pyrrole nitrogens is 1. The van der Waals surface area contributed by atoms with E-state index in [0.29, 0.717) is 10.8 Å². The van der Waals surface area contributed by atoms with Gasteiger partial charge in [0.05, 0.1) is 0 Å². The van der Waals surface area contributed by atoms with E-state index in [1.165, 1.54) is 0 Å². The van der Waals surface area contributed by atoms with E-state index in [1.54, 1.807) is 6.20 Å². The summed E-state index contributed by atoms with van der Waals surface area (Å²) in [6.07, 6.45) is 3.69.